The lowest BCUT2D eigenvalue weighted by molar-refractivity contribution is 0.923. The Morgan fingerprint density at radius 3 is 2.28 bits per heavy atom. The van der Waals surface area contributed by atoms with Gasteiger partial charge in [-0.2, -0.15) is 5.10 Å². The van der Waals surface area contributed by atoms with Gasteiger partial charge in [-0.15, -0.1) is 0 Å². The Hall–Kier alpha value is -2.78. The fourth-order valence-electron chi connectivity index (χ4n) is 2.47. The summed E-state index contributed by atoms with van der Waals surface area (Å²) in [6.45, 7) is 0.881. The molecular weight excluding hydrogens is 330 g/mol. The lowest BCUT2D eigenvalue weighted by Crippen LogP contribution is -2.16. The first kappa shape index (κ1) is 17.1. The van der Waals surface area contributed by atoms with Crippen molar-refractivity contribution in [1.29, 1.82) is 0 Å². The molecule has 3 nitrogen and oxygen atoms in total. The van der Waals surface area contributed by atoms with Crippen molar-refractivity contribution in [2.24, 2.45) is 5.10 Å². The van der Waals surface area contributed by atoms with Gasteiger partial charge >= 0.3 is 0 Å². The molecule has 0 fully saturated rings. The first-order valence-electron chi connectivity index (χ1n) is 8.10. The Labute approximate surface area is 153 Å². The molecule has 3 aromatic rings. The van der Waals surface area contributed by atoms with Crippen LogP contribution in [-0.2, 0) is 6.54 Å². The van der Waals surface area contributed by atoms with E-state index in [4.69, 9.17) is 11.6 Å². The van der Waals surface area contributed by atoms with Gasteiger partial charge < -0.3 is 4.90 Å². The Bertz CT molecular complexity index is 812. The molecule has 0 aliphatic rings. The summed E-state index contributed by atoms with van der Waals surface area (Å²) in [6, 6.07) is 26.2. The molecule has 25 heavy (non-hydrogen) atoms. The maximum atomic E-state index is 5.86. The van der Waals surface area contributed by atoms with E-state index in [9.17, 15) is 0 Å². The molecule has 3 rings (SSSR count). The molecule has 0 amide bonds. The van der Waals surface area contributed by atoms with Gasteiger partial charge in [-0.3, -0.25) is 5.43 Å². The third kappa shape index (κ3) is 5.10. The monoisotopic (exact) mass is 349 g/mol. The smallest absolute Gasteiger partial charge is 0.0562 e. The second-order valence-electron chi connectivity index (χ2n) is 5.81. The van der Waals surface area contributed by atoms with E-state index in [-0.39, 0.29) is 0 Å². The van der Waals surface area contributed by atoms with Gasteiger partial charge in [-0.05, 0) is 47.5 Å². The van der Waals surface area contributed by atoms with E-state index in [2.05, 4.69) is 71.0 Å². The zero-order valence-corrected chi connectivity index (χ0v) is 14.8. The van der Waals surface area contributed by atoms with Crippen LogP contribution in [0.1, 0.15) is 11.1 Å². The highest BCUT2D eigenvalue weighted by molar-refractivity contribution is 6.30. The van der Waals surface area contributed by atoms with Crippen LogP contribution in [0, 0.1) is 0 Å². The minimum absolute atomic E-state index is 0.713. The summed E-state index contributed by atoms with van der Waals surface area (Å²) in [5, 5.41) is 4.96. The van der Waals surface area contributed by atoms with Crippen LogP contribution < -0.4 is 10.3 Å². The molecular formula is C21H20ClN3. The molecule has 3 aromatic carbocycles. The van der Waals surface area contributed by atoms with Gasteiger partial charge in [0.05, 0.1) is 11.9 Å². The van der Waals surface area contributed by atoms with E-state index < -0.39 is 0 Å². The van der Waals surface area contributed by atoms with Gasteiger partial charge in [0, 0.05) is 24.3 Å². The van der Waals surface area contributed by atoms with Crippen molar-refractivity contribution in [2.45, 2.75) is 6.54 Å². The number of anilines is 2. The van der Waals surface area contributed by atoms with Crippen LogP contribution in [-0.4, -0.2) is 13.3 Å². The van der Waals surface area contributed by atoms with Gasteiger partial charge in [0.15, 0.2) is 0 Å². The van der Waals surface area contributed by atoms with Crippen LogP contribution in [0.5, 0.6) is 0 Å². The van der Waals surface area contributed by atoms with Crippen LogP contribution in [0.25, 0.3) is 0 Å². The summed E-state index contributed by atoms with van der Waals surface area (Å²) in [7, 11) is 2.10. The van der Waals surface area contributed by atoms with E-state index >= 15 is 0 Å². The minimum atomic E-state index is 0.713. The van der Waals surface area contributed by atoms with E-state index in [1.165, 1.54) is 11.3 Å². The molecule has 0 spiro atoms. The Balaban J connectivity index is 1.58. The average molecular weight is 350 g/mol. The molecule has 0 aromatic heterocycles. The SMILES string of the molecule is CN(Cc1ccccc1)c1ccc(C=NNc2ccc(Cl)cc2)cc1. The third-order valence-corrected chi connectivity index (χ3v) is 4.10. The summed E-state index contributed by atoms with van der Waals surface area (Å²) in [6.07, 6.45) is 1.80. The lowest BCUT2D eigenvalue weighted by atomic mass is 10.2. The third-order valence-electron chi connectivity index (χ3n) is 3.85. The van der Waals surface area contributed by atoms with E-state index in [1.54, 1.807) is 6.21 Å². The molecule has 0 aliphatic heterocycles. The first-order chi connectivity index (χ1) is 12.2. The number of hydrogen-bond acceptors (Lipinski definition) is 3. The van der Waals surface area contributed by atoms with Crippen LogP contribution in [0.2, 0.25) is 5.02 Å². The minimum Gasteiger partial charge on any atom is -0.370 e. The highest BCUT2D eigenvalue weighted by Gasteiger charge is 2.01. The summed E-state index contributed by atoms with van der Waals surface area (Å²) in [5.74, 6) is 0. The molecule has 0 bridgehead atoms. The molecule has 0 radical (unpaired) electrons. The van der Waals surface area contributed by atoms with Crippen LogP contribution in [0.3, 0.4) is 0 Å². The maximum Gasteiger partial charge on any atom is 0.0562 e. The molecule has 0 aliphatic carbocycles. The van der Waals surface area contributed by atoms with Crippen molar-refractivity contribution >= 4 is 29.2 Å². The zero-order valence-electron chi connectivity index (χ0n) is 14.1. The van der Waals surface area contributed by atoms with Crippen molar-refractivity contribution in [2.75, 3.05) is 17.4 Å². The van der Waals surface area contributed by atoms with Crippen molar-refractivity contribution in [3.05, 3.63) is 95.0 Å². The van der Waals surface area contributed by atoms with E-state index in [0.717, 1.165) is 17.8 Å². The molecule has 0 atom stereocenters. The molecule has 0 saturated carbocycles. The molecule has 0 unspecified atom stereocenters. The zero-order chi connectivity index (χ0) is 17.5. The quantitative estimate of drug-likeness (QED) is 0.475. The number of nitrogens with zero attached hydrogens (tertiary/aromatic N) is 2. The van der Waals surface area contributed by atoms with E-state index in [1.807, 2.05) is 30.3 Å². The summed E-state index contributed by atoms with van der Waals surface area (Å²) in [4.78, 5) is 2.22. The van der Waals surface area contributed by atoms with Crippen molar-refractivity contribution in [3.8, 4) is 0 Å². The summed E-state index contributed by atoms with van der Waals surface area (Å²) >= 11 is 5.86. The second-order valence-corrected chi connectivity index (χ2v) is 6.25. The van der Waals surface area contributed by atoms with Gasteiger partial charge in [-0.1, -0.05) is 54.1 Å². The number of halogens is 1. The Morgan fingerprint density at radius 2 is 1.60 bits per heavy atom. The topological polar surface area (TPSA) is 27.6 Å². The predicted molar refractivity (Wildman–Crippen MR) is 108 cm³/mol. The second kappa shape index (κ2) is 8.36. The van der Waals surface area contributed by atoms with Gasteiger partial charge in [0.2, 0.25) is 0 Å². The largest absolute Gasteiger partial charge is 0.370 e. The van der Waals surface area contributed by atoms with Gasteiger partial charge in [0.25, 0.3) is 0 Å². The van der Waals surface area contributed by atoms with Gasteiger partial charge in [-0.25, -0.2) is 0 Å². The Morgan fingerprint density at radius 1 is 0.920 bits per heavy atom. The summed E-state index contributed by atoms with van der Waals surface area (Å²) < 4.78 is 0. The Kier molecular flexibility index (Phi) is 5.70. The van der Waals surface area contributed by atoms with Crippen LogP contribution in [0.4, 0.5) is 11.4 Å². The number of nitrogens with one attached hydrogen (secondary N) is 1. The fourth-order valence-corrected chi connectivity index (χ4v) is 2.60. The maximum absolute atomic E-state index is 5.86. The highest BCUT2D eigenvalue weighted by atomic mass is 35.5. The fraction of sp³-hybridized carbons (Fsp3) is 0.0952. The number of benzene rings is 3. The lowest BCUT2D eigenvalue weighted by Gasteiger charge is -2.19. The van der Waals surface area contributed by atoms with E-state index in [0.29, 0.717) is 5.02 Å². The average Bonchev–Trinajstić information content (AvgIpc) is 2.65. The van der Waals surface area contributed by atoms with Crippen molar-refractivity contribution in [1.82, 2.24) is 0 Å². The molecule has 4 heteroatoms. The first-order valence-corrected chi connectivity index (χ1v) is 8.48. The van der Waals surface area contributed by atoms with Crippen molar-refractivity contribution < 1.29 is 0 Å². The van der Waals surface area contributed by atoms with Crippen LogP contribution in [0.15, 0.2) is 84.0 Å². The van der Waals surface area contributed by atoms with Crippen molar-refractivity contribution in [3.63, 3.8) is 0 Å². The number of hydrogen-bond donors (Lipinski definition) is 1. The highest BCUT2D eigenvalue weighted by Crippen LogP contribution is 2.16. The number of hydrazone groups is 1. The predicted octanol–water partition coefficient (Wildman–Crippen LogP) is 5.42. The molecule has 126 valence electrons. The normalized spacial score (nSPS) is 10.8. The van der Waals surface area contributed by atoms with Gasteiger partial charge in [0.1, 0.15) is 0 Å². The molecule has 0 saturated heterocycles. The standard InChI is InChI=1S/C21H20ClN3/c1-25(16-18-5-3-2-4-6-18)21-13-7-17(8-14-21)15-23-24-20-11-9-19(22)10-12-20/h2-15,24H,16H2,1H3. The number of rotatable bonds is 6. The molecule has 0 heterocycles. The summed E-state index contributed by atoms with van der Waals surface area (Å²) in [5.41, 5.74) is 7.40. The van der Waals surface area contributed by atoms with Crippen LogP contribution >= 0.6 is 11.6 Å². The molecule has 1 N–H and O–H groups in total.